The number of piperidine rings is 1. The van der Waals surface area contributed by atoms with Gasteiger partial charge < -0.3 is 14.8 Å². The van der Waals surface area contributed by atoms with Crippen LogP contribution in [0.3, 0.4) is 0 Å². The van der Waals surface area contributed by atoms with Crippen molar-refractivity contribution < 1.29 is 0 Å². The maximum Gasteiger partial charge on any atom is 0.0951 e. The van der Waals surface area contributed by atoms with E-state index in [2.05, 4.69) is 60.8 Å². The number of hydrogen-bond donors (Lipinski definition) is 1. The van der Waals surface area contributed by atoms with Crippen molar-refractivity contribution in [2.24, 2.45) is 5.92 Å². The van der Waals surface area contributed by atoms with Gasteiger partial charge in [-0.2, -0.15) is 0 Å². The average molecular weight is 278 g/mol. The Kier molecular flexibility index (Phi) is 5.22. The third kappa shape index (κ3) is 3.61. The van der Waals surface area contributed by atoms with Crippen molar-refractivity contribution in [1.29, 1.82) is 0 Å². The first-order chi connectivity index (χ1) is 9.49. The first-order valence-electron chi connectivity index (χ1n) is 7.91. The Balaban J connectivity index is 2.21. The minimum absolute atomic E-state index is 0.463. The van der Waals surface area contributed by atoms with E-state index in [0.29, 0.717) is 24.0 Å². The van der Waals surface area contributed by atoms with Gasteiger partial charge in [-0.3, -0.25) is 0 Å². The van der Waals surface area contributed by atoms with E-state index in [-0.39, 0.29) is 0 Å². The second kappa shape index (κ2) is 6.72. The highest BCUT2D eigenvalue weighted by Gasteiger charge is 2.26. The molecule has 4 nitrogen and oxygen atoms in total. The van der Waals surface area contributed by atoms with Crippen molar-refractivity contribution in [1.82, 2.24) is 19.8 Å². The summed E-state index contributed by atoms with van der Waals surface area (Å²) in [6.07, 6.45) is 7.90. The molecule has 1 aromatic heterocycles. The zero-order valence-corrected chi connectivity index (χ0v) is 13.6. The highest BCUT2D eigenvalue weighted by atomic mass is 15.2. The summed E-state index contributed by atoms with van der Waals surface area (Å²) in [7, 11) is 4.29. The number of nitrogens with one attached hydrogen (secondary N) is 1. The van der Waals surface area contributed by atoms with E-state index in [4.69, 9.17) is 0 Å². The summed E-state index contributed by atoms with van der Waals surface area (Å²) in [5, 5.41) is 3.73. The normalized spacial score (nSPS) is 25.4. The number of hydrogen-bond acceptors (Lipinski definition) is 3. The second-order valence-electron chi connectivity index (χ2n) is 6.85. The van der Waals surface area contributed by atoms with Gasteiger partial charge in [-0.1, -0.05) is 13.8 Å². The minimum atomic E-state index is 0.463. The largest absolute Gasteiger partial charge is 0.328 e. The Morgan fingerprint density at radius 1 is 1.40 bits per heavy atom. The van der Waals surface area contributed by atoms with E-state index in [1.54, 1.807) is 0 Å². The quantitative estimate of drug-likeness (QED) is 0.899. The summed E-state index contributed by atoms with van der Waals surface area (Å²) in [5.41, 5.74) is 1.36. The molecule has 1 aromatic rings. The van der Waals surface area contributed by atoms with Crippen molar-refractivity contribution in [3.05, 3.63) is 18.2 Å². The standard InChI is InChI=1S/C16H30N4/c1-12(2)16(10-19(4)5)20-11-17-9-15(20)14-8-6-7-13(3)18-14/h9,11-14,16,18H,6-8,10H2,1-5H3. The first-order valence-corrected chi connectivity index (χ1v) is 7.91. The lowest BCUT2D eigenvalue weighted by atomic mass is 9.96. The molecule has 1 saturated heterocycles. The van der Waals surface area contributed by atoms with Gasteiger partial charge in [0.05, 0.1) is 12.0 Å². The number of aromatic nitrogens is 2. The summed E-state index contributed by atoms with van der Waals surface area (Å²) < 4.78 is 2.40. The highest BCUT2D eigenvalue weighted by molar-refractivity contribution is 5.09. The van der Waals surface area contributed by atoms with E-state index in [1.807, 2.05) is 6.33 Å². The molecule has 3 unspecified atom stereocenters. The van der Waals surface area contributed by atoms with Crippen molar-refractivity contribution in [3.8, 4) is 0 Å². The Morgan fingerprint density at radius 3 is 2.75 bits per heavy atom. The van der Waals surface area contributed by atoms with Crippen LogP contribution in [0.15, 0.2) is 12.5 Å². The van der Waals surface area contributed by atoms with E-state index in [9.17, 15) is 0 Å². The lowest BCUT2D eigenvalue weighted by Crippen LogP contribution is -2.37. The molecule has 1 fully saturated rings. The molecule has 0 aromatic carbocycles. The van der Waals surface area contributed by atoms with Gasteiger partial charge in [0, 0.05) is 30.9 Å². The van der Waals surface area contributed by atoms with Crippen LogP contribution in [0, 0.1) is 5.92 Å². The van der Waals surface area contributed by atoms with Crippen LogP contribution in [-0.4, -0.2) is 41.1 Å². The van der Waals surface area contributed by atoms with Gasteiger partial charge in [-0.25, -0.2) is 4.98 Å². The molecule has 114 valence electrons. The van der Waals surface area contributed by atoms with Crippen LogP contribution in [0.1, 0.15) is 57.8 Å². The summed E-state index contributed by atoms with van der Waals surface area (Å²) in [6.45, 7) is 7.94. The molecular weight excluding hydrogens is 248 g/mol. The van der Waals surface area contributed by atoms with Crippen LogP contribution in [-0.2, 0) is 0 Å². The Labute approximate surface area is 123 Å². The van der Waals surface area contributed by atoms with E-state index < -0.39 is 0 Å². The van der Waals surface area contributed by atoms with E-state index in [0.717, 1.165) is 6.54 Å². The molecule has 1 aliphatic rings. The predicted octanol–water partition coefficient (Wildman–Crippen LogP) is 2.84. The molecule has 0 radical (unpaired) electrons. The fourth-order valence-corrected chi connectivity index (χ4v) is 3.23. The smallest absolute Gasteiger partial charge is 0.0951 e. The number of likely N-dealkylation sites (N-methyl/N-ethyl adjacent to an activating group) is 1. The van der Waals surface area contributed by atoms with Crippen molar-refractivity contribution in [2.45, 2.75) is 58.2 Å². The molecule has 2 rings (SSSR count). The molecule has 1 N–H and O–H groups in total. The second-order valence-corrected chi connectivity index (χ2v) is 6.85. The van der Waals surface area contributed by atoms with E-state index in [1.165, 1.54) is 25.0 Å². The maximum absolute atomic E-state index is 4.44. The highest BCUT2D eigenvalue weighted by Crippen LogP contribution is 2.29. The fraction of sp³-hybridized carbons (Fsp3) is 0.812. The minimum Gasteiger partial charge on any atom is -0.328 e. The molecule has 0 spiro atoms. The summed E-state index contributed by atoms with van der Waals surface area (Å²) in [5.74, 6) is 0.603. The summed E-state index contributed by atoms with van der Waals surface area (Å²) in [4.78, 5) is 6.71. The topological polar surface area (TPSA) is 33.1 Å². The molecule has 4 heteroatoms. The molecule has 0 saturated carbocycles. The molecule has 3 atom stereocenters. The molecule has 0 amide bonds. The molecule has 0 bridgehead atoms. The zero-order chi connectivity index (χ0) is 14.7. The van der Waals surface area contributed by atoms with Gasteiger partial charge in [0.25, 0.3) is 0 Å². The van der Waals surface area contributed by atoms with Crippen LogP contribution in [0.25, 0.3) is 0 Å². The van der Waals surface area contributed by atoms with Crippen molar-refractivity contribution in [2.75, 3.05) is 20.6 Å². The third-order valence-corrected chi connectivity index (χ3v) is 4.35. The molecule has 2 heterocycles. The maximum atomic E-state index is 4.44. The van der Waals surface area contributed by atoms with Gasteiger partial charge in [0.1, 0.15) is 0 Å². The number of nitrogens with zero attached hydrogens (tertiary/aromatic N) is 3. The van der Waals surface area contributed by atoms with Crippen LogP contribution in [0.5, 0.6) is 0 Å². The van der Waals surface area contributed by atoms with Crippen molar-refractivity contribution >= 4 is 0 Å². The lowest BCUT2D eigenvalue weighted by Gasteiger charge is -2.33. The van der Waals surface area contributed by atoms with Gasteiger partial charge >= 0.3 is 0 Å². The summed E-state index contributed by atoms with van der Waals surface area (Å²) >= 11 is 0. The average Bonchev–Trinajstić information content (AvgIpc) is 2.84. The monoisotopic (exact) mass is 278 g/mol. The number of rotatable bonds is 5. The zero-order valence-electron chi connectivity index (χ0n) is 13.6. The molecule has 20 heavy (non-hydrogen) atoms. The van der Waals surface area contributed by atoms with Gasteiger partial charge in [-0.05, 0) is 46.2 Å². The van der Waals surface area contributed by atoms with Crippen molar-refractivity contribution in [3.63, 3.8) is 0 Å². The fourth-order valence-electron chi connectivity index (χ4n) is 3.23. The lowest BCUT2D eigenvalue weighted by molar-refractivity contribution is 0.252. The van der Waals surface area contributed by atoms with Crippen LogP contribution in [0.4, 0.5) is 0 Å². The van der Waals surface area contributed by atoms with Gasteiger partial charge in [-0.15, -0.1) is 0 Å². The van der Waals surface area contributed by atoms with E-state index >= 15 is 0 Å². The molecular formula is C16H30N4. The predicted molar refractivity (Wildman–Crippen MR) is 83.8 cm³/mol. The molecule has 1 aliphatic heterocycles. The Morgan fingerprint density at radius 2 is 2.15 bits per heavy atom. The first kappa shape index (κ1) is 15.5. The molecule has 0 aliphatic carbocycles. The number of imidazole rings is 1. The Bertz CT molecular complexity index is 410. The summed E-state index contributed by atoms with van der Waals surface area (Å²) in [6, 6.07) is 1.56. The van der Waals surface area contributed by atoms with Gasteiger partial charge in [0.15, 0.2) is 0 Å². The van der Waals surface area contributed by atoms with Crippen LogP contribution in [0.2, 0.25) is 0 Å². The van der Waals surface area contributed by atoms with Crippen LogP contribution >= 0.6 is 0 Å². The SMILES string of the molecule is CC1CCCC(c2cncn2C(CN(C)C)C(C)C)N1. The van der Waals surface area contributed by atoms with Crippen LogP contribution < -0.4 is 5.32 Å². The Hall–Kier alpha value is -0.870. The van der Waals surface area contributed by atoms with Gasteiger partial charge in [0.2, 0.25) is 0 Å². The third-order valence-electron chi connectivity index (χ3n) is 4.35.